The number of benzene rings is 4. The summed E-state index contributed by atoms with van der Waals surface area (Å²) < 4.78 is 80.0. The van der Waals surface area contributed by atoms with Gasteiger partial charge in [0.2, 0.25) is 22.4 Å². The first kappa shape index (κ1) is 51.2. The van der Waals surface area contributed by atoms with Gasteiger partial charge in [0.1, 0.15) is 34.5 Å². The van der Waals surface area contributed by atoms with Crippen molar-refractivity contribution in [3.05, 3.63) is 147 Å². The molecule has 72 heavy (non-hydrogen) atoms. The maximum atomic E-state index is 14.1. The molecule has 1 amide bonds. The molecule has 4 saturated heterocycles. The number of piperidine rings is 3. The van der Waals surface area contributed by atoms with Gasteiger partial charge in [0.15, 0.2) is 11.5 Å². The molecule has 5 fully saturated rings. The summed E-state index contributed by atoms with van der Waals surface area (Å²) in [6.07, 6.45) is 5.65. The summed E-state index contributed by atoms with van der Waals surface area (Å²) in [7, 11) is -4.03. The molecule has 1 unspecified atom stereocenters. The fraction of sp³-hybridized carbons (Fsp3) is 0.404. The maximum Gasteiger partial charge on any atom is 0.408 e. The lowest BCUT2D eigenvalue weighted by Gasteiger charge is -2.43. The molecule has 15 nitrogen and oxygen atoms in total. The van der Waals surface area contributed by atoms with E-state index in [1.807, 2.05) is 54.6 Å². The third-order valence-electron chi connectivity index (χ3n) is 14.0. The third-order valence-corrected chi connectivity index (χ3v) is 16.5. The van der Waals surface area contributed by atoms with Crippen molar-refractivity contribution >= 4 is 45.3 Å². The van der Waals surface area contributed by atoms with Crippen LogP contribution in [-0.2, 0) is 32.6 Å². The van der Waals surface area contributed by atoms with Crippen LogP contribution >= 0.6 is 23.2 Å². The van der Waals surface area contributed by atoms with Crippen molar-refractivity contribution in [2.45, 2.75) is 74.3 Å². The monoisotopic (exact) mass is 1050 g/mol. The van der Waals surface area contributed by atoms with Crippen LogP contribution in [0.2, 0.25) is 10.0 Å². The number of carboxylic acids is 1. The fourth-order valence-electron chi connectivity index (χ4n) is 9.92. The molecule has 4 aromatic carbocycles. The molecule has 0 spiro atoms. The number of pyridine rings is 1. The number of aliphatic carboxylic acids is 1. The van der Waals surface area contributed by atoms with Crippen molar-refractivity contribution in [1.82, 2.24) is 19.4 Å². The highest BCUT2D eigenvalue weighted by Crippen LogP contribution is 2.40. The van der Waals surface area contributed by atoms with Gasteiger partial charge < -0.3 is 29.4 Å². The largest absolute Gasteiger partial charge is 0.489 e. The molecule has 1 aromatic heterocycles. The minimum Gasteiger partial charge on any atom is -0.489 e. The van der Waals surface area contributed by atoms with E-state index in [0.29, 0.717) is 33.1 Å². The SMILES string of the molecule is O=C(N[C@@H](c1ccccc1)c1cccc(OCc2ccc(S(=O)(=O)N3CCN(C(C(=O)O)[C@@H](Cc4c(Cl)c[n+](O)cc4Cl)c4ccc(OC(F)F)c(OCC5CC5)c4)CC3)cc2)c1)O[C@H]1CN2CCC1CC2. The Morgan fingerprint density at radius 2 is 1.49 bits per heavy atom. The number of alkyl carbamates (subject to hydrolysis) is 1. The normalized spacial score (nSPS) is 20.6. The Labute approximate surface area is 426 Å². The average Bonchev–Trinajstić information content (AvgIpc) is 4.21. The molecule has 0 radical (unpaired) electrons. The minimum absolute atomic E-state index is 0.0228. The van der Waals surface area contributed by atoms with E-state index in [0.717, 1.165) is 56.4 Å². The molecule has 3 N–H and O–H groups in total. The van der Waals surface area contributed by atoms with Crippen LogP contribution in [0.5, 0.6) is 17.2 Å². The van der Waals surface area contributed by atoms with Gasteiger partial charge in [-0.3, -0.25) is 19.8 Å². The number of amides is 1. The summed E-state index contributed by atoms with van der Waals surface area (Å²) in [6.45, 7) is 0.0697. The molecule has 2 bridgehead atoms. The van der Waals surface area contributed by atoms with Crippen molar-refractivity contribution in [3.63, 3.8) is 0 Å². The number of fused-ring (bicyclic) bond motifs is 3. The van der Waals surface area contributed by atoms with E-state index in [4.69, 9.17) is 42.1 Å². The van der Waals surface area contributed by atoms with Crippen LogP contribution in [0.3, 0.4) is 0 Å². The zero-order chi connectivity index (χ0) is 50.5. The van der Waals surface area contributed by atoms with E-state index in [9.17, 15) is 37.1 Å². The van der Waals surface area contributed by atoms with E-state index in [1.165, 1.54) is 47.0 Å². The quantitative estimate of drug-likeness (QED) is 0.0506. The predicted molar refractivity (Wildman–Crippen MR) is 261 cm³/mol. The van der Waals surface area contributed by atoms with E-state index >= 15 is 0 Å². The summed E-state index contributed by atoms with van der Waals surface area (Å²) in [6, 6.07) is 25.9. The minimum atomic E-state index is -4.03. The van der Waals surface area contributed by atoms with Crippen LogP contribution in [0.25, 0.3) is 0 Å². The number of hydrogen-bond acceptors (Lipinski definition) is 11. The van der Waals surface area contributed by atoms with Crippen LogP contribution in [0, 0.1) is 11.8 Å². The van der Waals surface area contributed by atoms with Gasteiger partial charge in [0.25, 0.3) is 0 Å². The van der Waals surface area contributed by atoms with Crippen molar-refractivity contribution in [1.29, 1.82) is 0 Å². The smallest absolute Gasteiger partial charge is 0.408 e. The first-order chi connectivity index (χ1) is 34.7. The molecule has 5 aromatic rings. The Morgan fingerprint density at radius 1 is 0.792 bits per heavy atom. The average molecular weight is 1050 g/mol. The Morgan fingerprint density at radius 3 is 2.12 bits per heavy atom. The summed E-state index contributed by atoms with van der Waals surface area (Å²) in [5.41, 5.74) is 3.11. The first-order valence-corrected chi connectivity index (χ1v) is 26.2. The number of rotatable bonds is 20. The number of carbonyl (C=O) groups excluding carboxylic acids is 1. The van der Waals surface area contributed by atoms with Gasteiger partial charge in [-0.15, -0.1) is 0 Å². The fourth-order valence-corrected chi connectivity index (χ4v) is 11.9. The molecule has 4 atom stereocenters. The van der Waals surface area contributed by atoms with Gasteiger partial charge in [-0.25, -0.2) is 13.2 Å². The van der Waals surface area contributed by atoms with E-state index in [1.54, 1.807) is 17.0 Å². The number of hydrogen-bond donors (Lipinski definition) is 3. The highest BCUT2D eigenvalue weighted by molar-refractivity contribution is 7.89. The highest BCUT2D eigenvalue weighted by Gasteiger charge is 2.41. The Balaban J connectivity index is 0.863. The highest BCUT2D eigenvalue weighted by atomic mass is 35.5. The number of aromatic nitrogens is 1. The second-order valence-corrected chi connectivity index (χ2v) is 21.5. The second kappa shape index (κ2) is 22.6. The molecule has 1 saturated carbocycles. The lowest BCUT2D eigenvalue weighted by Crippen LogP contribution is -2.55. The number of carbonyl (C=O) groups is 2. The Hall–Kier alpha value is -5.76. The Kier molecular flexibility index (Phi) is 16.0. The number of carboxylic acid groups (broad SMARTS) is 1. The summed E-state index contributed by atoms with van der Waals surface area (Å²) in [5.74, 6) is -1.15. The standard InChI is InChI=1S/C52H55Cl2F2N5O10S/c53-43-28-60(65)29-44(54)42(43)27-41(37-13-16-45(70-51(55)56)46(26-37)69-32-33-9-10-33)49(50(62)63)59-21-23-61(24-22-59)72(66,67)40-14-11-34(12-15-40)31-68-39-8-4-7-38(25-39)48(36-5-2-1-3-6-36)57-52(64)71-47-30-58-19-17-35(47)18-20-58/h1-8,11-16,25-26,28-29,33,35,41,47-49,51H,9-10,17-24,27,30-32H2,(H2-,57,62,63,64,65)/p+1/t41-,47-,48-,49?/m0/s1. The summed E-state index contributed by atoms with van der Waals surface area (Å²) >= 11 is 13.1. The molecule has 10 rings (SSSR count). The van der Waals surface area contributed by atoms with Crippen molar-refractivity contribution < 1.29 is 60.8 Å². The van der Waals surface area contributed by atoms with Gasteiger partial charge >= 0.3 is 18.7 Å². The van der Waals surface area contributed by atoms with Gasteiger partial charge in [-0.2, -0.15) is 13.1 Å². The number of halogens is 4. The van der Waals surface area contributed by atoms with Gasteiger partial charge in [-0.1, -0.05) is 83.9 Å². The van der Waals surface area contributed by atoms with Crippen molar-refractivity contribution in [2.75, 3.05) is 52.4 Å². The number of ether oxygens (including phenoxy) is 4. The van der Waals surface area contributed by atoms with Crippen LogP contribution in [-0.4, -0.2) is 116 Å². The van der Waals surface area contributed by atoms with E-state index < -0.39 is 46.7 Å². The first-order valence-electron chi connectivity index (χ1n) is 24.0. The van der Waals surface area contributed by atoms with Crippen LogP contribution in [0.15, 0.2) is 114 Å². The molecule has 4 aliphatic heterocycles. The topological polar surface area (TPSA) is 171 Å². The van der Waals surface area contributed by atoms with Gasteiger partial charge in [0, 0.05) is 48.9 Å². The molecule has 5 aliphatic rings. The number of sulfonamides is 1. The zero-order valence-corrected chi connectivity index (χ0v) is 41.5. The van der Waals surface area contributed by atoms with Crippen LogP contribution in [0.1, 0.15) is 65.5 Å². The number of piperazine rings is 1. The lowest BCUT2D eigenvalue weighted by molar-refractivity contribution is -0.904. The van der Waals surface area contributed by atoms with Crippen molar-refractivity contribution in [3.8, 4) is 17.2 Å². The lowest BCUT2D eigenvalue weighted by atomic mass is 9.84. The third kappa shape index (κ3) is 12.3. The molecular formula is C52H56Cl2F2N5O10S+. The number of nitrogens with one attached hydrogen (secondary N) is 1. The van der Waals surface area contributed by atoms with Gasteiger partial charge in [0.05, 0.1) is 17.5 Å². The molecule has 20 heteroatoms. The molecule has 5 heterocycles. The predicted octanol–water partition coefficient (Wildman–Crippen LogP) is 8.18. The molecular weight excluding hydrogens is 996 g/mol. The van der Waals surface area contributed by atoms with Crippen molar-refractivity contribution in [2.24, 2.45) is 11.8 Å². The zero-order valence-electron chi connectivity index (χ0n) is 39.2. The molecule has 382 valence electrons. The van der Waals surface area contributed by atoms with E-state index in [-0.39, 0.29) is 84.3 Å². The Bertz CT molecular complexity index is 2790. The maximum absolute atomic E-state index is 14.1. The number of nitrogens with zero attached hydrogens (tertiary/aromatic N) is 4. The van der Waals surface area contributed by atoms with Crippen LogP contribution < -0.4 is 24.3 Å². The van der Waals surface area contributed by atoms with Crippen LogP contribution in [0.4, 0.5) is 13.6 Å². The summed E-state index contributed by atoms with van der Waals surface area (Å²) in [5, 5.41) is 24.2. The van der Waals surface area contributed by atoms with Gasteiger partial charge in [-0.05, 0) is 116 Å². The van der Waals surface area contributed by atoms with E-state index in [2.05, 4.69) is 10.2 Å². The molecule has 1 aliphatic carbocycles. The number of alkyl halides is 2. The summed E-state index contributed by atoms with van der Waals surface area (Å²) in [4.78, 5) is 30.8. The second-order valence-electron chi connectivity index (χ2n) is 18.8.